The molecule has 0 aliphatic rings. The van der Waals surface area contributed by atoms with Crippen LogP contribution in [0.1, 0.15) is 10.6 Å². The molecular weight excluding hydrogens is 210 g/mol. The molecule has 0 aliphatic carbocycles. The summed E-state index contributed by atoms with van der Waals surface area (Å²) in [7, 11) is 0. The zero-order valence-electron chi connectivity index (χ0n) is 7.84. The Hall–Kier alpha value is -1.68. The van der Waals surface area contributed by atoms with Crippen molar-refractivity contribution in [1.82, 2.24) is 0 Å². The normalized spacial score (nSPS) is 10.1. The maximum absolute atomic E-state index is 10.4. The van der Waals surface area contributed by atoms with E-state index in [1.807, 2.05) is 24.3 Å². The van der Waals surface area contributed by atoms with Crippen molar-refractivity contribution in [3.05, 3.63) is 42.2 Å². The Morgan fingerprint density at radius 2 is 1.87 bits per heavy atom. The van der Waals surface area contributed by atoms with E-state index >= 15 is 0 Å². The topological polar surface area (TPSA) is 56.2 Å². The zero-order chi connectivity index (χ0) is 10.7. The van der Waals surface area contributed by atoms with Crippen LogP contribution in [0, 0.1) is 0 Å². The Balaban J connectivity index is 2.14. The second-order valence-corrected chi connectivity index (χ2v) is 4.02. The molecule has 2 aromatic rings. The van der Waals surface area contributed by atoms with Crippen molar-refractivity contribution in [2.45, 2.75) is 9.99 Å². The summed E-state index contributed by atoms with van der Waals surface area (Å²) in [5, 5.41) is 0.696. The Bertz CT molecular complexity index is 462. The quantitative estimate of drug-likeness (QED) is 0.637. The Morgan fingerprint density at radius 3 is 2.47 bits per heavy atom. The summed E-state index contributed by atoms with van der Waals surface area (Å²) in [6.07, 6.45) is 0.688. The van der Waals surface area contributed by atoms with Crippen molar-refractivity contribution in [2.75, 3.05) is 5.73 Å². The van der Waals surface area contributed by atoms with E-state index in [9.17, 15) is 4.79 Å². The van der Waals surface area contributed by atoms with Gasteiger partial charge in [0.2, 0.25) is 0 Å². The van der Waals surface area contributed by atoms with Gasteiger partial charge in [-0.05, 0) is 36.4 Å². The first-order valence-electron chi connectivity index (χ1n) is 4.36. The minimum absolute atomic E-state index is 0.341. The van der Waals surface area contributed by atoms with E-state index < -0.39 is 0 Å². The number of benzene rings is 1. The first kappa shape index (κ1) is 9.86. The molecule has 0 atom stereocenters. The van der Waals surface area contributed by atoms with Crippen molar-refractivity contribution in [3.8, 4) is 0 Å². The van der Waals surface area contributed by atoms with Crippen LogP contribution in [0.5, 0.6) is 0 Å². The molecule has 1 aromatic heterocycles. The van der Waals surface area contributed by atoms with Crippen LogP contribution >= 0.6 is 11.8 Å². The highest BCUT2D eigenvalue weighted by Crippen LogP contribution is 2.29. The SMILES string of the molecule is Nc1ccc(Sc2ccc(C=O)o2)cc1. The number of furan rings is 1. The van der Waals surface area contributed by atoms with Crippen LogP contribution < -0.4 is 5.73 Å². The molecule has 0 bridgehead atoms. The van der Waals surface area contributed by atoms with Gasteiger partial charge in [-0.15, -0.1) is 0 Å². The fraction of sp³-hybridized carbons (Fsp3) is 0. The van der Waals surface area contributed by atoms with Crippen LogP contribution in [0.15, 0.2) is 50.8 Å². The third-order valence-corrected chi connectivity index (χ3v) is 2.75. The van der Waals surface area contributed by atoms with Gasteiger partial charge in [-0.1, -0.05) is 11.8 Å². The zero-order valence-corrected chi connectivity index (χ0v) is 8.66. The maximum atomic E-state index is 10.4. The highest BCUT2D eigenvalue weighted by Gasteiger charge is 2.02. The summed E-state index contributed by atoms with van der Waals surface area (Å²) in [6.45, 7) is 0. The molecule has 0 spiro atoms. The minimum atomic E-state index is 0.341. The fourth-order valence-electron chi connectivity index (χ4n) is 1.10. The summed E-state index contributed by atoms with van der Waals surface area (Å²) >= 11 is 1.45. The second-order valence-electron chi connectivity index (χ2n) is 2.95. The van der Waals surface area contributed by atoms with Gasteiger partial charge in [-0.3, -0.25) is 4.79 Å². The third kappa shape index (κ3) is 2.41. The summed E-state index contributed by atoms with van der Waals surface area (Å²) in [5.74, 6) is 0.341. The molecule has 0 radical (unpaired) electrons. The van der Waals surface area contributed by atoms with Crippen molar-refractivity contribution in [1.29, 1.82) is 0 Å². The largest absolute Gasteiger partial charge is 0.447 e. The van der Waals surface area contributed by atoms with Gasteiger partial charge in [0.15, 0.2) is 17.1 Å². The Kier molecular flexibility index (Phi) is 2.78. The first-order chi connectivity index (χ1) is 7.28. The lowest BCUT2D eigenvalue weighted by atomic mass is 10.3. The first-order valence-corrected chi connectivity index (χ1v) is 5.18. The van der Waals surface area contributed by atoms with Gasteiger partial charge >= 0.3 is 0 Å². The lowest BCUT2D eigenvalue weighted by molar-refractivity contribution is 0.109. The van der Waals surface area contributed by atoms with Crippen molar-refractivity contribution in [2.24, 2.45) is 0 Å². The summed E-state index contributed by atoms with van der Waals surface area (Å²) in [4.78, 5) is 11.4. The predicted octanol–water partition coefficient (Wildman–Crippen LogP) is 2.83. The van der Waals surface area contributed by atoms with E-state index in [0.717, 1.165) is 10.6 Å². The number of hydrogen-bond acceptors (Lipinski definition) is 4. The third-order valence-electron chi connectivity index (χ3n) is 1.82. The molecule has 0 fully saturated rings. The smallest absolute Gasteiger partial charge is 0.185 e. The van der Waals surface area contributed by atoms with Crippen molar-refractivity contribution >= 4 is 23.7 Å². The fourth-order valence-corrected chi connectivity index (χ4v) is 1.88. The maximum Gasteiger partial charge on any atom is 0.185 e. The molecule has 2 rings (SSSR count). The summed E-state index contributed by atoms with van der Waals surface area (Å²) < 4.78 is 5.23. The Morgan fingerprint density at radius 1 is 1.13 bits per heavy atom. The van der Waals surface area contributed by atoms with Crippen LogP contribution in [0.25, 0.3) is 0 Å². The van der Waals surface area contributed by atoms with Crippen LogP contribution in [-0.2, 0) is 0 Å². The number of nitrogens with two attached hydrogens (primary N) is 1. The van der Waals surface area contributed by atoms with Gasteiger partial charge < -0.3 is 10.2 Å². The molecule has 0 amide bonds. The molecule has 0 unspecified atom stereocenters. The number of anilines is 1. The van der Waals surface area contributed by atoms with Gasteiger partial charge in [0, 0.05) is 10.6 Å². The summed E-state index contributed by atoms with van der Waals surface area (Å²) in [6, 6.07) is 10.9. The Labute approximate surface area is 91.3 Å². The molecular formula is C11H9NO2S. The van der Waals surface area contributed by atoms with E-state index in [4.69, 9.17) is 10.2 Å². The van der Waals surface area contributed by atoms with E-state index in [1.165, 1.54) is 11.8 Å². The molecule has 0 aliphatic heterocycles. The molecule has 76 valence electrons. The average molecular weight is 219 g/mol. The molecule has 1 aromatic carbocycles. The van der Waals surface area contributed by atoms with Crippen LogP contribution in [0.2, 0.25) is 0 Å². The van der Waals surface area contributed by atoms with Gasteiger partial charge in [-0.2, -0.15) is 0 Å². The highest BCUT2D eigenvalue weighted by molar-refractivity contribution is 7.99. The molecule has 3 nitrogen and oxygen atoms in total. The van der Waals surface area contributed by atoms with E-state index in [2.05, 4.69) is 0 Å². The summed E-state index contributed by atoms with van der Waals surface area (Å²) in [5.41, 5.74) is 6.30. The monoisotopic (exact) mass is 219 g/mol. The van der Waals surface area contributed by atoms with Gasteiger partial charge in [0.1, 0.15) is 0 Å². The molecule has 2 N–H and O–H groups in total. The molecule has 1 heterocycles. The van der Waals surface area contributed by atoms with Crippen molar-refractivity contribution in [3.63, 3.8) is 0 Å². The lowest BCUT2D eigenvalue weighted by Crippen LogP contribution is -1.82. The highest BCUT2D eigenvalue weighted by atomic mass is 32.2. The second kappa shape index (κ2) is 4.23. The van der Waals surface area contributed by atoms with Gasteiger partial charge in [-0.25, -0.2) is 0 Å². The molecule has 4 heteroatoms. The number of carbonyl (C=O) groups is 1. The molecule has 15 heavy (non-hydrogen) atoms. The van der Waals surface area contributed by atoms with Gasteiger partial charge in [0.25, 0.3) is 0 Å². The van der Waals surface area contributed by atoms with Crippen molar-refractivity contribution < 1.29 is 9.21 Å². The van der Waals surface area contributed by atoms with Crippen LogP contribution in [-0.4, -0.2) is 6.29 Å². The number of hydrogen-bond donors (Lipinski definition) is 1. The molecule has 0 saturated carbocycles. The van der Waals surface area contributed by atoms with Crippen LogP contribution in [0.4, 0.5) is 5.69 Å². The lowest BCUT2D eigenvalue weighted by Gasteiger charge is -1.97. The predicted molar refractivity (Wildman–Crippen MR) is 59.1 cm³/mol. The standard InChI is InChI=1S/C11H9NO2S/c12-8-1-4-10(5-2-8)15-11-6-3-9(7-13)14-11/h1-7H,12H2. The van der Waals surface area contributed by atoms with Gasteiger partial charge in [0.05, 0.1) is 0 Å². The number of rotatable bonds is 3. The van der Waals surface area contributed by atoms with E-state index in [1.54, 1.807) is 12.1 Å². The number of aldehydes is 1. The number of nitrogen functional groups attached to an aromatic ring is 1. The van der Waals surface area contributed by atoms with Crippen LogP contribution in [0.3, 0.4) is 0 Å². The molecule has 0 saturated heterocycles. The van der Waals surface area contributed by atoms with E-state index in [0.29, 0.717) is 17.1 Å². The average Bonchev–Trinajstić information content (AvgIpc) is 2.69. The minimum Gasteiger partial charge on any atom is -0.447 e. The van der Waals surface area contributed by atoms with E-state index in [-0.39, 0.29) is 0 Å². The number of carbonyl (C=O) groups excluding carboxylic acids is 1.